The van der Waals surface area contributed by atoms with Crippen molar-refractivity contribution in [2.24, 2.45) is 0 Å². The molecule has 9 heteroatoms. The van der Waals surface area contributed by atoms with Gasteiger partial charge in [0.05, 0.1) is 17.8 Å². The van der Waals surface area contributed by atoms with Crippen molar-refractivity contribution in [2.75, 3.05) is 4.90 Å². The van der Waals surface area contributed by atoms with Crippen LogP contribution in [0.5, 0.6) is 0 Å². The molecular formula is C21H13ClN4O3S. The predicted octanol–water partition coefficient (Wildman–Crippen LogP) is 1.94. The summed E-state index contributed by atoms with van der Waals surface area (Å²) in [6.07, 6.45) is 0. The van der Waals surface area contributed by atoms with Crippen LogP contribution in [0, 0.1) is 6.92 Å². The SMILES string of the molecule is Cc1nn2c(=O)c(=C3C(=O)N(Cc4ccccc4Cl)c4ccccc43)sc2nc1=O. The molecule has 0 radical (unpaired) electrons. The number of thiazole rings is 1. The van der Waals surface area contributed by atoms with E-state index < -0.39 is 11.1 Å². The number of benzene rings is 2. The third-order valence-electron chi connectivity index (χ3n) is 4.95. The smallest absolute Gasteiger partial charge is 0.295 e. The van der Waals surface area contributed by atoms with Gasteiger partial charge in [-0.25, -0.2) is 0 Å². The maximum Gasteiger partial charge on any atom is 0.295 e. The van der Waals surface area contributed by atoms with Crippen LogP contribution in [0.1, 0.15) is 16.8 Å². The highest BCUT2D eigenvalue weighted by Crippen LogP contribution is 2.36. The van der Waals surface area contributed by atoms with Gasteiger partial charge in [-0.05, 0) is 24.6 Å². The molecular weight excluding hydrogens is 424 g/mol. The molecule has 0 fully saturated rings. The lowest BCUT2D eigenvalue weighted by Gasteiger charge is -2.17. The van der Waals surface area contributed by atoms with Crippen molar-refractivity contribution in [2.45, 2.75) is 13.5 Å². The van der Waals surface area contributed by atoms with Crippen molar-refractivity contribution in [3.8, 4) is 0 Å². The Labute approximate surface area is 178 Å². The van der Waals surface area contributed by atoms with E-state index in [0.29, 0.717) is 16.3 Å². The minimum atomic E-state index is -0.494. The zero-order valence-corrected chi connectivity index (χ0v) is 17.2. The lowest BCUT2D eigenvalue weighted by molar-refractivity contribution is -0.113. The van der Waals surface area contributed by atoms with Gasteiger partial charge >= 0.3 is 0 Å². The molecule has 0 unspecified atom stereocenters. The minimum absolute atomic E-state index is 0.123. The van der Waals surface area contributed by atoms with Gasteiger partial charge in [0.25, 0.3) is 17.0 Å². The second-order valence-electron chi connectivity index (χ2n) is 6.81. The summed E-state index contributed by atoms with van der Waals surface area (Å²) in [5, 5.41) is 4.59. The van der Waals surface area contributed by atoms with Gasteiger partial charge in [0, 0.05) is 10.6 Å². The van der Waals surface area contributed by atoms with Crippen LogP contribution in [-0.4, -0.2) is 20.5 Å². The van der Waals surface area contributed by atoms with Crippen LogP contribution in [0.4, 0.5) is 5.69 Å². The van der Waals surface area contributed by atoms with E-state index in [-0.39, 0.29) is 33.2 Å². The number of aryl methyl sites for hydroxylation is 1. The molecule has 0 bridgehead atoms. The molecule has 0 saturated carbocycles. The van der Waals surface area contributed by atoms with Crippen LogP contribution < -0.4 is 20.6 Å². The first kappa shape index (κ1) is 18.7. The van der Waals surface area contributed by atoms with E-state index in [9.17, 15) is 14.4 Å². The van der Waals surface area contributed by atoms with Crippen LogP contribution in [0.15, 0.2) is 58.1 Å². The molecule has 5 rings (SSSR count). The fourth-order valence-corrected chi connectivity index (χ4v) is 4.68. The second kappa shape index (κ2) is 6.86. The van der Waals surface area contributed by atoms with Gasteiger partial charge in [0.1, 0.15) is 10.2 Å². The molecule has 2 aromatic heterocycles. The molecule has 2 aromatic carbocycles. The summed E-state index contributed by atoms with van der Waals surface area (Å²) in [6, 6.07) is 14.6. The molecule has 30 heavy (non-hydrogen) atoms. The van der Waals surface area contributed by atoms with Crippen molar-refractivity contribution in [3.05, 3.63) is 95.6 Å². The number of amides is 1. The summed E-state index contributed by atoms with van der Waals surface area (Å²) in [6.45, 7) is 1.76. The van der Waals surface area contributed by atoms with Crippen molar-refractivity contribution in [1.82, 2.24) is 14.6 Å². The quantitative estimate of drug-likeness (QED) is 0.479. The van der Waals surface area contributed by atoms with E-state index >= 15 is 0 Å². The Morgan fingerprint density at radius 3 is 2.57 bits per heavy atom. The maximum absolute atomic E-state index is 13.4. The van der Waals surface area contributed by atoms with E-state index in [1.54, 1.807) is 17.0 Å². The predicted molar refractivity (Wildman–Crippen MR) is 115 cm³/mol. The largest absolute Gasteiger partial charge is 0.303 e. The van der Waals surface area contributed by atoms with Gasteiger partial charge in [-0.3, -0.25) is 14.4 Å². The highest BCUT2D eigenvalue weighted by molar-refractivity contribution is 7.15. The van der Waals surface area contributed by atoms with E-state index in [4.69, 9.17) is 11.6 Å². The summed E-state index contributed by atoms with van der Waals surface area (Å²) in [4.78, 5) is 44.0. The first-order chi connectivity index (χ1) is 14.5. The number of rotatable bonds is 2. The first-order valence-corrected chi connectivity index (χ1v) is 10.2. The molecule has 0 saturated heterocycles. The number of hydrogen-bond donors (Lipinski definition) is 0. The molecule has 0 aliphatic carbocycles. The summed E-state index contributed by atoms with van der Waals surface area (Å²) >= 11 is 7.29. The van der Waals surface area contributed by atoms with Crippen molar-refractivity contribution < 1.29 is 4.79 Å². The van der Waals surface area contributed by atoms with E-state index in [1.165, 1.54) is 6.92 Å². The number of carbonyl (C=O) groups is 1. The van der Waals surface area contributed by atoms with Gasteiger partial charge < -0.3 is 4.90 Å². The van der Waals surface area contributed by atoms with Crippen molar-refractivity contribution >= 4 is 45.1 Å². The Morgan fingerprint density at radius 1 is 1.03 bits per heavy atom. The molecule has 0 spiro atoms. The maximum atomic E-state index is 13.4. The van der Waals surface area contributed by atoms with Gasteiger partial charge in [0.2, 0.25) is 4.96 Å². The molecule has 4 aromatic rings. The lowest BCUT2D eigenvalue weighted by Crippen LogP contribution is -2.33. The molecule has 148 valence electrons. The Morgan fingerprint density at radius 2 is 1.77 bits per heavy atom. The summed E-state index contributed by atoms with van der Waals surface area (Å²) in [5.41, 5.74) is 1.59. The van der Waals surface area contributed by atoms with E-state index in [0.717, 1.165) is 21.4 Å². The summed E-state index contributed by atoms with van der Waals surface area (Å²) < 4.78 is 1.29. The number of carbonyl (C=O) groups excluding carboxylic acids is 1. The second-order valence-corrected chi connectivity index (χ2v) is 8.19. The fourth-order valence-electron chi connectivity index (χ4n) is 3.49. The minimum Gasteiger partial charge on any atom is -0.303 e. The van der Waals surface area contributed by atoms with Crippen LogP contribution >= 0.6 is 22.9 Å². The summed E-state index contributed by atoms with van der Waals surface area (Å²) in [5.74, 6) is -0.306. The Kier molecular flexibility index (Phi) is 4.27. The number of para-hydroxylation sites is 1. The molecule has 1 aliphatic heterocycles. The van der Waals surface area contributed by atoms with Crippen molar-refractivity contribution in [1.29, 1.82) is 0 Å². The zero-order valence-electron chi connectivity index (χ0n) is 15.6. The molecule has 1 aliphatic rings. The van der Waals surface area contributed by atoms with Crippen molar-refractivity contribution in [3.63, 3.8) is 0 Å². The van der Waals surface area contributed by atoms with Crippen LogP contribution in [0.2, 0.25) is 5.02 Å². The number of fused-ring (bicyclic) bond motifs is 2. The van der Waals surface area contributed by atoms with Gasteiger partial charge in [-0.15, -0.1) is 0 Å². The Bertz CT molecular complexity index is 1530. The fraction of sp³-hybridized carbons (Fsp3) is 0.0952. The van der Waals surface area contributed by atoms with E-state index in [2.05, 4.69) is 10.1 Å². The third-order valence-corrected chi connectivity index (χ3v) is 6.35. The number of halogens is 1. The van der Waals surface area contributed by atoms with Crippen LogP contribution in [0.25, 0.3) is 10.5 Å². The van der Waals surface area contributed by atoms with Crippen LogP contribution in [0.3, 0.4) is 0 Å². The molecule has 3 heterocycles. The average molecular weight is 437 g/mol. The number of nitrogens with zero attached hydrogens (tertiary/aromatic N) is 4. The number of hydrogen-bond acceptors (Lipinski definition) is 6. The summed E-state index contributed by atoms with van der Waals surface area (Å²) in [7, 11) is 0. The Hall–Kier alpha value is -3.36. The molecule has 1 amide bonds. The third kappa shape index (κ3) is 2.76. The molecule has 0 atom stereocenters. The Balaban J connectivity index is 1.76. The number of anilines is 1. The topological polar surface area (TPSA) is 84.6 Å². The lowest BCUT2D eigenvalue weighted by atomic mass is 10.1. The molecule has 7 nitrogen and oxygen atoms in total. The standard InChI is InChI=1S/C21H13ClN4O3S/c1-11-18(27)23-21-26(24-11)20(29)17(30-21)16-13-7-3-5-9-15(13)25(19(16)28)10-12-6-2-4-8-14(12)22/h2-9H,10H2,1H3. The average Bonchev–Trinajstić information content (AvgIpc) is 3.18. The first-order valence-electron chi connectivity index (χ1n) is 9.05. The highest BCUT2D eigenvalue weighted by atomic mass is 35.5. The van der Waals surface area contributed by atoms with Gasteiger partial charge in [-0.2, -0.15) is 14.6 Å². The monoisotopic (exact) mass is 436 g/mol. The van der Waals surface area contributed by atoms with Crippen LogP contribution in [-0.2, 0) is 11.3 Å². The van der Waals surface area contributed by atoms with Gasteiger partial charge in [0.15, 0.2) is 0 Å². The number of aromatic nitrogens is 3. The zero-order chi connectivity index (χ0) is 21.0. The van der Waals surface area contributed by atoms with E-state index in [1.807, 2.05) is 36.4 Å². The van der Waals surface area contributed by atoms with Gasteiger partial charge in [-0.1, -0.05) is 59.3 Å². The normalized spacial score (nSPS) is 15.1. The molecule has 0 N–H and O–H groups in total. The highest BCUT2D eigenvalue weighted by Gasteiger charge is 2.34.